The molecule has 1 saturated heterocycles. The van der Waals surface area contributed by atoms with Gasteiger partial charge in [-0.25, -0.2) is 0 Å². The normalized spacial score (nSPS) is 12.3. The number of likely N-dealkylation sites (tertiary alicyclic amines) is 1. The van der Waals surface area contributed by atoms with E-state index in [9.17, 15) is 43.8 Å². The molecule has 1 aliphatic heterocycles. The Morgan fingerprint density at radius 3 is 1.38 bits per heavy atom. The van der Waals surface area contributed by atoms with Gasteiger partial charge in [0.05, 0.1) is 6.54 Å². The minimum Gasteiger partial charge on any atom is -0.508 e. The van der Waals surface area contributed by atoms with Crippen molar-refractivity contribution in [2.24, 2.45) is 29.6 Å². The lowest BCUT2D eigenvalue weighted by Gasteiger charge is -2.24. The summed E-state index contributed by atoms with van der Waals surface area (Å²) in [5.41, 5.74) is 2.27. The third-order valence-corrected chi connectivity index (χ3v) is 13.4. The molecule has 0 spiro atoms. The summed E-state index contributed by atoms with van der Waals surface area (Å²) in [6.45, 7) is 30.8. The number of hydrogen-bond donors (Lipinski definition) is 2. The van der Waals surface area contributed by atoms with Crippen LogP contribution < -0.4 is 0 Å². The van der Waals surface area contributed by atoms with E-state index in [2.05, 4.69) is 55.4 Å². The number of nitrogens with zero attached hydrogens (tertiary/aromatic N) is 1. The summed E-state index contributed by atoms with van der Waals surface area (Å²) in [6, 6.07) is 15.3. The summed E-state index contributed by atoms with van der Waals surface area (Å²) in [5.74, 6) is 2.97. The van der Waals surface area contributed by atoms with Crippen molar-refractivity contribution >= 4 is 126 Å². The molecule has 1 atom stereocenters. The minimum absolute atomic E-state index is 0.0703. The molecular weight excluding hydrogens is 1080 g/mol. The Morgan fingerprint density at radius 1 is 0.590 bits per heavy atom. The number of phenols is 1. The Labute approximate surface area is 496 Å². The van der Waals surface area contributed by atoms with E-state index < -0.39 is 11.5 Å². The first-order valence-corrected chi connectivity index (χ1v) is 29.6. The zero-order valence-corrected chi connectivity index (χ0v) is 53.9. The molecular formula is C63H95NO9S5. The number of carbonyl (C=O) groups excluding carboxylic acids is 7. The minimum atomic E-state index is -1.17. The number of aryl methyl sites for hydroxylation is 1. The standard InChI is InChI=1S/C16H22OS.C15H20O2S.C12H19NO2S.C11H18O3S.C9H16OS/c1-12(2)10-14(18)11-15(17)16(3,4)13-8-6-5-7-9-13;1-10(2)6-14(18)9-13(16)7-12-5-4-11(3)15(17)8-12;1-9(2)6-11(16)7-10(14)8-13-5-3-4-12(13)15;1-7(2)4-10(15)5-9(13)6-11(14)8(3)12;1-4-8(10)6-9(11)5-7(2)3/h5-9,12H,10-11H2,1-4H3;4-5,8,10,17H,6-7,9H2,1-3H3;9H,3-8H2,1-2H3;7,11,14H,4-6H2,1-3H3;7H,4-6H2,1-3H3/t;;;11-;/m...1./s1. The van der Waals surface area contributed by atoms with Crippen molar-refractivity contribution in [2.45, 2.75) is 212 Å². The largest absolute Gasteiger partial charge is 0.508 e. The Morgan fingerprint density at radius 2 is 1.00 bits per heavy atom. The van der Waals surface area contributed by atoms with Gasteiger partial charge in [0.25, 0.3) is 0 Å². The number of amides is 1. The molecule has 78 heavy (non-hydrogen) atoms. The van der Waals surface area contributed by atoms with Crippen LogP contribution in [0.25, 0.3) is 0 Å². The van der Waals surface area contributed by atoms with Crippen molar-refractivity contribution in [1.29, 1.82) is 0 Å². The van der Waals surface area contributed by atoms with Crippen molar-refractivity contribution in [2.75, 3.05) is 13.1 Å². The molecule has 436 valence electrons. The third kappa shape index (κ3) is 38.7. The number of carbonyl (C=O) groups is 7. The second-order valence-electron chi connectivity index (χ2n) is 23.0. The van der Waals surface area contributed by atoms with Crippen LogP contribution in [0.2, 0.25) is 0 Å². The van der Waals surface area contributed by atoms with Gasteiger partial charge in [-0.2, -0.15) is 0 Å². The number of Topliss-reactive ketones (excluding diaryl/α,β-unsaturated/α-hetero) is 6. The Kier molecular flexibility index (Phi) is 40.2. The predicted molar refractivity (Wildman–Crippen MR) is 342 cm³/mol. The molecule has 1 fully saturated rings. The summed E-state index contributed by atoms with van der Waals surface area (Å²) < 4.78 is 0. The van der Waals surface area contributed by atoms with Crippen molar-refractivity contribution in [1.82, 2.24) is 4.90 Å². The molecule has 0 aromatic heterocycles. The molecule has 0 unspecified atom stereocenters. The van der Waals surface area contributed by atoms with E-state index in [1.165, 1.54) is 6.92 Å². The first-order valence-electron chi connectivity index (χ1n) is 27.6. The lowest BCUT2D eigenvalue weighted by molar-refractivity contribution is -0.131. The number of aliphatic hydroxyl groups is 1. The van der Waals surface area contributed by atoms with Gasteiger partial charge in [0.2, 0.25) is 5.91 Å². The van der Waals surface area contributed by atoms with E-state index in [0.29, 0.717) is 79.4 Å². The summed E-state index contributed by atoms with van der Waals surface area (Å²) >= 11 is 25.7. The van der Waals surface area contributed by atoms with Crippen LogP contribution in [0, 0.1) is 36.5 Å². The summed E-state index contributed by atoms with van der Waals surface area (Å²) in [6.07, 6.45) is 7.07. The molecule has 1 aliphatic rings. The fraction of sp³-hybridized carbons (Fsp3) is 0.619. The Balaban J connectivity index is 0. The predicted octanol–water partition coefficient (Wildman–Crippen LogP) is 14.4. The molecule has 0 aliphatic carbocycles. The second-order valence-corrected chi connectivity index (χ2v) is 25.9. The lowest BCUT2D eigenvalue weighted by atomic mass is 9.78. The molecule has 1 amide bonds. The van der Waals surface area contributed by atoms with Crippen LogP contribution in [-0.4, -0.2) is 99.2 Å². The van der Waals surface area contributed by atoms with Crippen LogP contribution in [0.15, 0.2) is 48.5 Å². The average Bonchev–Trinajstić information content (AvgIpc) is 3.69. The number of rotatable bonds is 30. The van der Waals surface area contributed by atoms with Gasteiger partial charge in [-0.15, -0.1) is 0 Å². The molecule has 3 rings (SSSR count). The number of thiocarbonyl (C=S) groups is 5. The molecule has 2 aromatic carbocycles. The van der Waals surface area contributed by atoms with Gasteiger partial charge in [-0.3, -0.25) is 33.6 Å². The maximum atomic E-state index is 12.4. The molecule has 1 heterocycles. The number of aliphatic hydroxyl groups excluding tert-OH is 1. The van der Waals surface area contributed by atoms with Crippen LogP contribution in [-0.2, 0) is 45.4 Å². The van der Waals surface area contributed by atoms with E-state index in [0.717, 1.165) is 81.2 Å². The van der Waals surface area contributed by atoms with Crippen molar-refractivity contribution in [3.05, 3.63) is 65.2 Å². The number of aromatic hydroxyl groups is 1. The van der Waals surface area contributed by atoms with Gasteiger partial charge < -0.3 is 15.1 Å². The number of ketones is 6. The van der Waals surface area contributed by atoms with Crippen molar-refractivity contribution in [3.8, 4) is 5.75 Å². The van der Waals surface area contributed by atoms with E-state index in [-0.39, 0.29) is 65.7 Å². The Hall–Kier alpha value is -3.86. The average molecular weight is 1170 g/mol. The fourth-order valence-corrected chi connectivity index (χ4v) is 10.1. The topological polar surface area (TPSA) is 163 Å². The fourth-order valence-electron chi connectivity index (χ4n) is 7.68. The highest BCUT2D eigenvalue weighted by Gasteiger charge is 2.30. The first kappa shape index (κ1) is 76.2. The highest BCUT2D eigenvalue weighted by Crippen LogP contribution is 2.26. The van der Waals surface area contributed by atoms with E-state index >= 15 is 0 Å². The zero-order valence-electron chi connectivity index (χ0n) is 49.8. The van der Waals surface area contributed by atoms with Gasteiger partial charge in [0.1, 0.15) is 35.0 Å². The maximum Gasteiger partial charge on any atom is 0.223 e. The van der Waals surface area contributed by atoms with Crippen molar-refractivity contribution in [3.63, 3.8) is 0 Å². The summed E-state index contributed by atoms with van der Waals surface area (Å²) in [7, 11) is 0. The maximum absolute atomic E-state index is 12.4. The molecule has 0 bridgehead atoms. The highest BCUT2D eigenvalue weighted by atomic mass is 32.1. The van der Waals surface area contributed by atoms with E-state index in [1.54, 1.807) is 11.0 Å². The Bertz CT molecular complexity index is 2300. The summed E-state index contributed by atoms with van der Waals surface area (Å²) in [4.78, 5) is 85.9. The van der Waals surface area contributed by atoms with Gasteiger partial charge in [0.15, 0.2) is 11.6 Å². The van der Waals surface area contributed by atoms with Crippen LogP contribution in [0.1, 0.15) is 204 Å². The molecule has 0 radical (unpaired) electrons. The second kappa shape index (κ2) is 41.2. The van der Waals surface area contributed by atoms with Gasteiger partial charge in [0, 0.05) is 94.1 Å². The number of benzene rings is 2. The molecule has 0 saturated carbocycles. The smallest absolute Gasteiger partial charge is 0.223 e. The summed E-state index contributed by atoms with van der Waals surface area (Å²) in [5, 5.41) is 18.8. The van der Waals surface area contributed by atoms with Gasteiger partial charge in [-0.1, -0.05) is 180 Å². The quantitative estimate of drug-likeness (QED) is 0.0710. The van der Waals surface area contributed by atoms with Gasteiger partial charge in [-0.05, 0) is 119 Å². The van der Waals surface area contributed by atoms with Crippen LogP contribution in [0.4, 0.5) is 0 Å². The third-order valence-electron chi connectivity index (χ3n) is 11.8. The molecule has 15 heteroatoms. The van der Waals surface area contributed by atoms with Gasteiger partial charge >= 0.3 is 0 Å². The van der Waals surface area contributed by atoms with E-state index in [4.69, 9.17) is 61.1 Å². The van der Waals surface area contributed by atoms with Crippen LogP contribution >= 0.6 is 61.1 Å². The number of phenolic OH excluding ortho intramolecular Hbond substituents is 1. The molecule has 2 aromatic rings. The van der Waals surface area contributed by atoms with Crippen molar-refractivity contribution < 1.29 is 43.8 Å². The van der Waals surface area contributed by atoms with Crippen LogP contribution in [0.3, 0.4) is 0 Å². The first-order chi connectivity index (χ1) is 36.1. The zero-order chi connectivity index (χ0) is 60.5. The van der Waals surface area contributed by atoms with E-state index in [1.807, 2.05) is 84.0 Å². The van der Waals surface area contributed by atoms with Crippen LogP contribution in [0.5, 0.6) is 5.75 Å². The monoisotopic (exact) mass is 1170 g/mol. The lowest BCUT2D eigenvalue weighted by Crippen LogP contribution is -2.31. The molecule has 2 N–H and O–H groups in total. The molecule has 10 nitrogen and oxygen atoms in total. The SMILES string of the molecule is CC(=O)[C@H](O)CC(=O)CC(=S)CC(C)C.CC(C)CC(=S)CC(=O)C(C)(C)c1ccccc1.CC(C)CC(=S)CC(=O)CN1CCCC1=O.CCC(=O)CC(=S)CC(C)C.Cc1ccc(CC(=O)CC(=S)CC(C)C)cc1O. The highest BCUT2D eigenvalue weighted by molar-refractivity contribution is 7.81. The number of hydrogen-bond acceptors (Lipinski definition) is 14.